The highest BCUT2D eigenvalue weighted by Gasteiger charge is 2.13. The van der Waals surface area contributed by atoms with Crippen molar-refractivity contribution in [2.75, 3.05) is 6.61 Å². The van der Waals surface area contributed by atoms with Crippen molar-refractivity contribution in [3.63, 3.8) is 0 Å². The Hall–Kier alpha value is -1.97. The van der Waals surface area contributed by atoms with E-state index in [1.165, 1.54) is 5.56 Å². The zero-order chi connectivity index (χ0) is 14.5. The second-order valence-electron chi connectivity index (χ2n) is 5.28. The summed E-state index contributed by atoms with van der Waals surface area (Å²) in [5.41, 5.74) is 8.05. The maximum Gasteiger partial charge on any atom is 0.425 e. The molecule has 0 spiro atoms. The number of hydrazine groups is 1. The first-order valence-electron chi connectivity index (χ1n) is 6.33. The molecule has 104 valence electrons. The van der Waals surface area contributed by atoms with Gasteiger partial charge in [-0.2, -0.15) is 0 Å². The van der Waals surface area contributed by atoms with E-state index in [1.807, 2.05) is 12.1 Å². The molecular formula is C15H22N2O2. The highest BCUT2D eigenvalue weighted by molar-refractivity contribution is 5.70. The number of hydrogen-bond acceptors (Lipinski definition) is 3. The van der Waals surface area contributed by atoms with Crippen molar-refractivity contribution < 1.29 is 9.53 Å². The van der Waals surface area contributed by atoms with Gasteiger partial charge in [0.2, 0.25) is 0 Å². The molecule has 0 atom stereocenters. The highest BCUT2D eigenvalue weighted by atomic mass is 16.5. The smallest absolute Gasteiger partial charge is 0.425 e. The quantitative estimate of drug-likeness (QED) is 0.819. The van der Waals surface area contributed by atoms with E-state index in [4.69, 9.17) is 4.74 Å². The molecule has 1 aromatic carbocycles. The lowest BCUT2D eigenvalue weighted by molar-refractivity contribution is 0.149. The molecule has 0 fully saturated rings. The zero-order valence-electron chi connectivity index (χ0n) is 12.0. The molecular weight excluding hydrogens is 240 g/mol. The minimum Gasteiger partial charge on any atom is -0.449 e. The lowest BCUT2D eigenvalue weighted by Crippen LogP contribution is -2.36. The Kier molecular flexibility index (Phi) is 4.98. The fraction of sp³-hybridized carbons (Fsp3) is 0.400. The van der Waals surface area contributed by atoms with Gasteiger partial charge in [-0.15, -0.1) is 0 Å². The molecule has 0 radical (unpaired) electrons. The Morgan fingerprint density at radius 1 is 1.21 bits per heavy atom. The van der Waals surface area contributed by atoms with Gasteiger partial charge < -0.3 is 4.74 Å². The Bertz CT molecular complexity index is 444. The second-order valence-corrected chi connectivity index (χ2v) is 5.28. The molecule has 4 heteroatoms. The SMILES string of the molecule is C=C(NNC(=O)OCC)c1ccc(C(C)(C)C)cc1. The Labute approximate surface area is 114 Å². The molecule has 4 nitrogen and oxygen atoms in total. The number of rotatable bonds is 4. The number of carbonyl (C=O) groups is 1. The van der Waals surface area contributed by atoms with Gasteiger partial charge in [-0.05, 0) is 23.5 Å². The van der Waals surface area contributed by atoms with Gasteiger partial charge in [0.25, 0.3) is 0 Å². The van der Waals surface area contributed by atoms with E-state index in [9.17, 15) is 4.79 Å². The lowest BCUT2D eigenvalue weighted by atomic mass is 9.86. The first-order chi connectivity index (χ1) is 8.84. The molecule has 0 unspecified atom stereocenters. The molecule has 1 aromatic rings. The van der Waals surface area contributed by atoms with Gasteiger partial charge in [0.1, 0.15) is 0 Å². The summed E-state index contributed by atoms with van der Waals surface area (Å²) in [6.07, 6.45) is -0.519. The number of benzene rings is 1. The van der Waals surface area contributed by atoms with Crippen LogP contribution in [0.1, 0.15) is 38.8 Å². The minimum atomic E-state index is -0.519. The first-order valence-corrected chi connectivity index (χ1v) is 6.33. The second kappa shape index (κ2) is 6.27. The van der Waals surface area contributed by atoms with Crippen LogP contribution in [-0.4, -0.2) is 12.7 Å². The molecule has 1 rings (SSSR count). The third-order valence-corrected chi connectivity index (χ3v) is 2.69. The Morgan fingerprint density at radius 3 is 2.26 bits per heavy atom. The van der Waals surface area contributed by atoms with Crippen LogP contribution in [-0.2, 0) is 10.2 Å². The summed E-state index contributed by atoms with van der Waals surface area (Å²) in [5, 5.41) is 0. The van der Waals surface area contributed by atoms with Crippen LogP contribution in [0.4, 0.5) is 4.79 Å². The van der Waals surface area contributed by atoms with Crippen LogP contribution in [0.2, 0.25) is 0 Å². The van der Waals surface area contributed by atoms with Gasteiger partial charge in [-0.3, -0.25) is 5.43 Å². The average Bonchev–Trinajstić information content (AvgIpc) is 2.35. The fourth-order valence-corrected chi connectivity index (χ4v) is 1.54. The standard InChI is InChI=1S/C15H22N2O2/c1-6-19-14(18)17-16-11(2)12-7-9-13(10-8-12)15(3,4)5/h7-10,16H,2,6H2,1,3-5H3,(H,17,18). The number of hydrogen-bond donors (Lipinski definition) is 2. The van der Waals surface area contributed by atoms with Crippen LogP contribution >= 0.6 is 0 Å². The van der Waals surface area contributed by atoms with Gasteiger partial charge >= 0.3 is 6.09 Å². The Morgan fingerprint density at radius 2 is 1.79 bits per heavy atom. The predicted molar refractivity (Wildman–Crippen MR) is 77.5 cm³/mol. The van der Waals surface area contributed by atoms with Crippen LogP contribution in [0.15, 0.2) is 30.8 Å². The highest BCUT2D eigenvalue weighted by Crippen LogP contribution is 2.23. The minimum absolute atomic E-state index is 0.122. The van der Waals surface area contributed by atoms with Crippen molar-refractivity contribution in [3.8, 4) is 0 Å². The van der Waals surface area contributed by atoms with Crippen LogP contribution in [0.5, 0.6) is 0 Å². The van der Waals surface area contributed by atoms with Crippen LogP contribution in [0.3, 0.4) is 0 Å². The maximum absolute atomic E-state index is 11.1. The monoisotopic (exact) mass is 262 g/mol. The number of ether oxygens (including phenoxy) is 1. The molecule has 0 aliphatic carbocycles. The van der Waals surface area contributed by atoms with E-state index in [1.54, 1.807) is 6.92 Å². The fourth-order valence-electron chi connectivity index (χ4n) is 1.54. The van der Waals surface area contributed by atoms with Gasteiger partial charge in [0.15, 0.2) is 0 Å². The van der Waals surface area contributed by atoms with Gasteiger partial charge in [-0.25, -0.2) is 10.2 Å². The largest absolute Gasteiger partial charge is 0.449 e. The average molecular weight is 262 g/mol. The first kappa shape index (κ1) is 15.1. The van der Waals surface area contributed by atoms with Crippen molar-refractivity contribution in [2.45, 2.75) is 33.1 Å². The van der Waals surface area contributed by atoms with E-state index >= 15 is 0 Å². The molecule has 19 heavy (non-hydrogen) atoms. The summed E-state index contributed by atoms with van der Waals surface area (Å²) >= 11 is 0. The summed E-state index contributed by atoms with van der Waals surface area (Å²) in [6.45, 7) is 12.4. The van der Waals surface area contributed by atoms with Crippen molar-refractivity contribution >= 4 is 11.8 Å². The van der Waals surface area contributed by atoms with Gasteiger partial charge in [0.05, 0.1) is 12.3 Å². The molecule has 0 bridgehead atoms. The summed E-state index contributed by atoms with van der Waals surface area (Å²) in [4.78, 5) is 11.1. The van der Waals surface area contributed by atoms with E-state index < -0.39 is 6.09 Å². The number of carbonyl (C=O) groups excluding carboxylic acids is 1. The predicted octanol–water partition coefficient (Wildman–Crippen LogP) is 3.21. The summed E-state index contributed by atoms with van der Waals surface area (Å²) in [6, 6.07) is 8.07. The third kappa shape index (κ3) is 4.66. The third-order valence-electron chi connectivity index (χ3n) is 2.69. The van der Waals surface area contributed by atoms with Crippen molar-refractivity contribution in [2.24, 2.45) is 0 Å². The van der Waals surface area contributed by atoms with E-state index in [0.717, 1.165) is 5.56 Å². The van der Waals surface area contributed by atoms with E-state index in [0.29, 0.717) is 12.3 Å². The number of amides is 1. The molecule has 0 saturated heterocycles. The summed E-state index contributed by atoms with van der Waals surface area (Å²) in [5.74, 6) is 0. The van der Waals surface area contributed by atoms with Gasteiger partial charge in [-0.1, -0.05) is 51.6 Å². The molecule has 0 aliphatic heterocycles. The molecule has 1 amide bonds. The number of nitrogens with one attached hydrogen (secondary N) is 2. The van der Waals surface area contributed by atoms with Crippen LogP contribution in [0, 0.1) is 0 Å². The van der Waals surface area contributed by atoms with Crippen LogP contribution in [0.25, 0.3) is 5.70 Å². The van der Waals surface area contributed by atoms with Crippen molar-refractivity contribution in [1.82, 2.24) is 10.9 Å². The molecule has 0 heterocycles. The summed E-state index contributed by atoms with van der Waals surface area (Å²) in [7, 11) is 0. The summed E-state index contributed by atoms with van der Waals surface area (Å²) < 4.78 is 4.74. The Balaban J connectivity index is 2.61. The normalized spacial score (nSPS) is 10.7. The van der Waals surface area contributed by atoms with Crippen molar-refractivity contribution in [3.05, 3.63) is 42.0 Å². The topological polar surface area (TPSA) is 50.4 Å². The van der Waals surface area contributed by atoms with Crippen molar-refractivity contribution in [1.29, 1.82) is 0 Å². The van der Waals surface area contributed by atoms with Gasteiger partial charge in [0, 0.05) is 0 Å². The molecule has 2 N–H and O–H groups in total. The van der Waals surface area contributed by atoms with E-state index in [-0.39, 0.29) is 5.41 Å². The molecule has 0 saturated carbocycles. The van der Waals surface area contributed by atoms with Crippen LogP contribution < -0.4 is 10.9 Å². The molecule has 0 aliphatic rings. The zero-order valence-corrected chi connectivity index (χ0v) is 12.0. The van der Waals surface area contributed by atoms with E-state index in [2.05, 4.69) is 50.3 Å². The lowest BCUT2D eigenvalue weighted by Gasteiger charge is -2.19. The maximum atomic E-state index is 11.1. The molecule has 0 aromatic heterocycles.